The third kappa shape index (κ3) is 8.80. The van der Waals surface area contributed by atoms with Crippen molar-refractivity contribution in [2.75, 3.05) is 11.9 Å². The lowest BCUT2D eigenvalue weighted by Crippen LogP contribution is -2.05. The van der Waals surface area contributed by atoms with Crippen LogP contribution in [0.2, 0.25) is 0 Å². The Morgan fingerprint density at radius 2 is 1.82 bits per heavy atom. The Kier molecular flexibility index (Phi) is 10.2. The van der Waals surface area contributed by atoms with E-state index in [9.17, 15) is 4.79 Å². The first-order chi connectivity index (χ1) is 10.5. The van der Waals surface area contributed by atoms with Gasteiger partial charge >= 0.3 is 0 Å². The summed E-state index contributed by atoms with van der Waals surface area (Å²) in [6.07, 6.45) is 5.89. The Morgan fingerprint density at radius 1 is 1.23 bits per heavy atom. The molecule has 0 saturated carbocycles. The predicted octanol–water partition coefficient (Wildman–Crippen LogP) is 5.18. The first-order valence-corrected chi connectivity index (χ1v) is 7.57. The second-order valence-electron chi connectivity index (χ2n) is 4.42. The minimum absolute atomic E-state index is 0.0680. The van der Waals surface area contributed by atoms with E-state index in [1.807, 2.05) is 70.2 Å². The van der Waals surface area contributed by atoms with Crippen LogP contribution in [0.1, 0.15) is 40.2 Å². The largest absolute Gasteiger partial charge is 0.495 e. The summed E-state index contributed by atoms with van der Waals surface area (Å²) >= 11 is 0. The Bertz CT molecular complexity index is 525. The molecule has 0 bridgehead atoms. The molecule has 22 heavy (non-hydrogen) atoms. The van der Waals surface area contributed by atoms with Gasteiger partial charge in [0.1, 0.15) is 5.76 Å². The summed E-state index contributed by atoms with van der Waals surface area (Å²) in [7, 11) is 0. The molecule has 1 rings (SSSR count). The molecule has 0 fully saturated rings. The SMILES string of the molecule is C=C(/C=C(C)/C=C/c1ccc(NC(C)=O)cc1)OCC.CC. The van der Waals surface area contributed by atoms with Crippen molar-refractivity contribution in [1.29, 1.82) is 0 Å². The van der Waals surface area contributed by atoms with Crippen molar-refractivity contribution < 1.29 is 9.53 Å². The molecule has 3 heteroatoms. The molecule has 120 valence electrons. The Balaban J connectivity index is 0.00000211. The lowest BCUT2D eigenvalue weighted by atomic mass is 10.1. The summed E-state index contributed by atoms with van der Waals surface area (Å²) in [5.41, 5.74) is 2.93. The van der Waals surface area contributed by atoms with Crippen LogP contribution in [0.5, 0.6) is 0 Å². The smallest absolute Gasteiger partial charge is 0.221 e. The molecule has 1 aromatic rings. The van der Waals surface area contributed by atoms with Crippen LogP contribution in [-0.2, 0) is 9.53 Å². The summed E-state index contributed by atoms with van der Waals surface area (Å²) in [5, 5.41) is 2.73. The van der Waals surface area contributed by atoms with Crippen LogP contribution in [0.4, 0.5) is 5.69 Å². The number of allylic oxidation sites excluding steroid dienone is 3. The minimum atomic E-state index is -0.0680. The monoisotopic (exact) mass is 301 g/mol. The molecule has 0 atom stereocenters. The molecular formula is C19H27NO2. The van der Waals surface area contributed by atoms with E-state index in [1.54, 1.807) is 0 Å². The number of nitrogens with one attached hydrogen (secondary N) is 1. The molecular weight excluding hydrogens is 274 g/mol. The fraction of sp³-hybridized carbons (Fsp3) is 0.316. The van der Waals surface area contributed by atoms with E-state index >= 15 is 0 Å². The molecule has 0 aromatic heterocycles. The summed E-state index contributed by atoms with van der Waals surface area (Å²) < 4.78 is 5.27. The number of carbonyl (C=O) groups excluding carboxylic acids is 1. The molecule has 0 spiro atoms. The number of rotatable bonds is 6. The van der Waals surface area contributed by atoms with E-state index < -0.39 is 0 Å². The highest BCUT2D eigenvalue weighted by Crippen LogP contribution is 2.12. The van der Waals surface area contributed by atoms with Gasteiger partial charge in [0.25, 0.3) is 0 Å². The van der Waals surface area contributed by atoms with E-state index in [1.165, 1.54) is 6.92 Å². The number of hydrogen-bond acceptors (Lipinski definition) is 2. The normalized spacial score (nSPS) is 10.7. The van der Waals surface area contributed by atoms with Crippen LogP contribution in [0.25, 0.3) is 6.08 Å². The zero-order chi connectivity index (χ0) is 17.0. The minimum Gasteiger partial charge on any atom is -0.495 e. The van der Waals surface area contributed by atoms with E-state index in [-0.39, 0.29) is 5.91 Å². The summed E-state index contributed by atoms with van der Waals surface area (Å²) in [6, 6.07) is 7.65. The number of anilines is 1. The standard InChI is InChI=1S/C17H21NO2.C2H6/c1-5-20-14(3)12-13(2)6-7-16-8-10-17(11-9-16)18-15(4)19;1-2/h6-12H,3,5H2,1-2,4H3,(H,18,19);1-2H3/b7-6+,13-12+;. The van der Waals surface area contributed by atoms with Gasteiger partial charge in [0, 0.05) is 12.6 Å². The lowest BCUT2D eigenvalue weighted by Gasteiger charge is -2.02. The lowest BCUT2D eigenvalue weighted by molar-refractivity contribution is -0.114. The molecule has 0 saturated heterocycles. The maximum absolute atomic E-state index is 10.9. The third-order valence-electron chi connectivity index (χ3n) is 2.49. The van der Waals surface area contributed by atoms with Gasteiger partial charge in [0.2, 0.25) is 5.91 Å². The number of amides is 1. The van der Waals surface area contributed by atoms with Gasteiger partial charge < -0.3 is 10.1 Å². The Morgan fingerprint density at radius 3 is 2.32 bits per heavy atom. The van der Waals surface area contributed by atoms with Gasteiger partial charge in [-0.25, -0.2) is 0 Å². The third-order valence-corrected chi connectivity index (χ3v) is 2.49. The van der Waals surface area contributed by atoms with Crippen molar-refractivity contribution in [3.8, 4) is 0 Å². The zero-order valence-electron chi connectivity index (χ0n) is 14.3. The maximum atomic E-state index is 10.9. The quantitative estimate of drug-likeness (QED) is 0.580. The molecule has 1 aromatic carbocycles. The summed E-state index contributed by atoms with van der Waals surface area (Å²) in [4.78, 5) is 10.9. The van der Waals surface area contributed by atoms with E-state index in [0.29, 0.717) is 12.4 Å². The van der Waals surface area contributed by atoms with Crippen LogP contribution >= 0.6 is 0 Å². The molecule has 0 radical (unpaired) electrons. The number of hydrogen-bond donors (Lipinski definition) is 1. The van der Waals surface area contributed by atoms with Crippen molar-refractivity contribution in [2.24, 2.45) is 0 Å². The number of carbonyl (C=O) groups is 1. The van der Waals surface area contributed by atoms with Crippen molar-refractivity contribution in [3.05, 3.63) is 59.9 Å². The molecule has 0 aliphatic carbocycles. The van der Waals surface area contributed by atoms with Crippen molar-refractivity contribution in [2.45, 2.75) is 34.6 Å². The van der Waals surface area contributed by atoms with Crippen LogP contribution in [0, 0.1) is 0 Å². The molecule has 0 aliphatic rings. The Labute approximate surface area is 134 Å². The van der Waals surface area contributed by atoms with Crippen molar-refractivity contribution in [3.63, 3.8) is 0 Å². The summed E-state index contributed by atoms with van der Waals surface area (Å²) in [5.74, 6) is 0.595. The molecule has 0 aliphatic heterocycles. The average molecular weight is 301 g/mol. The fourth-order valence-corrected chi connectivity index (χ4v) is 1.64. The van der Waals surface area contributed by atoms with E-state index in [0.717, 1.165) is 16.8 Å². The number of ether oxygens (including phenoxy) is 1. The van der Waals surface area contributed by atoms with Crippen LogP contribution in [0.3, 0.4) is 0 Å². The zero-order valence-corrected chi connectivity index (χ0v) is 14.3. The van der Waals surface area contributed by atoms with Gasteiger partial charge in [-0.1, -0.05) is 44.7 Å². The summed E-state index contributed by atoms with van der Waals surface area (Å²) in [6.45, 7) is 13.8. The highest BCUT2D eigenvalue weighted by atomic mass is 16.5. The van der Waals surface area contributed by atoms with Gasteiger partial charge in [-0.2, -0.15) is 0 Å². The van der Waals surface area contributed by atoms with Gasteiger partial charge in [0.15, 0.2) is 0 Å². The van der Waals surface area contributed by atoms with Crippen LogP contribution < -0.4 is 5.32 Å². The van der Waals surface area contributed by atoms with Gasteiger partial charge in [-0.3, -0.25) is 4.79 Å². The highest BCUT2D eigenvalue weighted by molar-refractivity contribution is 5.88. The second kappa shape index (κ2) is 11.4. The highest BCUT2D eigenvalue weighted by Gasteiger charge is 1.94. The van der Waals surface area contributed by atoms with E-state index in [4.69, 9.17) is 4.74 Å². The molecule has 1 N–H and O–H groups in total. The maximum Gasteiger partial charge on any atom is 0.221 e. The van der Waals surface area contributed by atoms with E-state index in [2.05, 4.69) is 11.9 Å². The van der Waals surface area contributed by atoms with Crippen LogP contribution in [0.15, 0.2) is 54.3 Å². The molecule has 0 unspecified atom stereocenters. The van der Waals surface area contributed by atoms with Gasteiger partial charge in [-0.05, 0) is 43.2 Å². The predicted molar refractivity (Wildman–Crippen MR) is 95.7 cm³/mol. The molecule has 3 nitrogen and oxygen atoms in total. The first-order valence-electron chi connectivity index (χ1n) is 7.57. The number of benzene rings is 1. The average Bonchev–Trinajstić information content (AvgIpc) is 2.48. The fourth-order valence-electron chi connectivity index (χ4n) is 1.64. The molecule has 0 heterocycles. The topological polar surface area (TPSA) is 38.3 Å². The van der Waals surface area contributed by atoms with Gasteiger partial charge in [-0.15, -0.1) is 0 Å². The second-order valence-corrected chi connectivity index (χ2v) is 4.42. The first kappa shape index (κ1) is 19.7. The van der Waals surface area contributed by atoms with Crippen molar-refractivity contribution in [1.82, 2.24) is 0 Å². The van der Waals surface area contributed by atoms with Gasteiger partial charge in [0.05, 0.1) is 6.61 Å². The van der Waals surface area contributed by atoms with Crippen LogP contribution in [-0.4, -0.2) is 12.5 Å². The Hall–Kier alpha value is -2.29. The molecule has 1 amide bonds. The van der Waals surface area contributed by atoms with Crippen molar-refractivity contribution >= 4 is 17.7 Å².